The van der Waals surface area contributed by atoms with Crippen LogP contribution in [0.25, 0.3) is 0 Å². The zero-order valence-electron chi connectivity index (χ0n) is 20.3. The molecule has 2 fully saturated rings. The molecule has 0 aromatic heterocycles. The van der Waals surface area contributed by atoms with E-state index >= 15 is 0 Å². The van der Waals surface area contributed by atoms with Crippen molar-refractivity contribution in [3.05, 3.63) is 53.3 Å². The molecule has 0 bridgehead atoms. The fraction of sp³-hybridized carbons (Fsp3) is 0.500. The van der Waals surface area contributed by atoms with Crippen LogP contribution in [0.3, 0.4) is 0 Å². The molecule has 1 heterocycles. The highest BCUT2D eigenvalue weighted by molar-refractivity contribution is 5.77. The van der Waals surface area contributed by atoms with E-state index in [4.69, 9.17) is 10.5 Å². The smallest absolute Gasteiger partial charge is 0.398 e. The van der Waals surface area contributed by atoms with Crippen molar-refractivity contribution in [3.63, 3.8) is 0 Å². The maximum absolute atomic E-state index is 14.3. The van der Waals surface area contributed by atoms with E-state index in [1.807, 2.05) is 17.9 Å². The minimum atomic E-state index is -4.50. The summed E-state index contributed by atoms with van der Waals surface area (Å²) in [5.41, 5.74) is 6.15. The lowest BCUT2D eigenvalue weighted by atomic mass is 9.92. The highest BCUT2D eigenvalue weighted by Gasteiger charge is 2.33. The number of nitrogens with one attached hydrogen (secondary N) is 1. The third-order valence-electron chi connectivity index (χ3n) is 6.92. The maximum atomic E-state index is 14.3. The van der Waals surface area contributed by atoms with E-state index in [-0.39, 0.29) is 36.2 Å². The lowest BCUT2D eigenvalue weighted by Crippen LogP contribution is -2.50. The lowest BCUT2D eigenvalue weighted by molar-refractivity contribution is -0.139. The SMILES string of the molecule is Cc1ccc(N2CCN(C(=O)COC3CCC(Nc4ccc(N)c(C(F)(F)F)c4)CC3)CC2)c(F)c1. The molecule has 0 radical (unpaired) electrons. The van der Waals surface area contributed by atoms with Crippen molar-refractivity contribution in [3.8, 4) is 0 Å². The number of hydrogen-bond acceptors (Lipinski definition) is 5. The van der Waals surface area contributed by atoms with Crippen LogP contribution in [-0.4, -0.2) is 55.7 Å². The van der Waals surface area contributed by atoms with Gasteiger partial charge in [-0.05, 0) is 68.5 Å². The Kier molecular flexibility index (Phi) is 7.92. The minimum Gasteiger partial charge on any atom is -0.398 e. The second kappa shape index (κ2) is 10.9. The van der Waals surface area contributed by atoms with E-state index in [1.54, 1.807) is 17.0 Å². The molecule has 10 heteroatoms. The summed E-state index contributed by atoms with van der Waals surface area (Å²) in [5.74, 6) is -0.332. The number of nitrogens with zero attached hydrogens (tertiary/aromatic N) is 2. The molecule has 196 valence electrons. The molecule has 3 N–H and O–H groups in total. The van der Waals surface area contributed by atoms with Crippen LogP contribution in [-0.2, 0) is 15.7 Å². The Hall–Kier alpha value is -3.01. The van der Waals surface area contributed by atoms with Crippen molar-refractivity contribution < 1.29 is 27.1 Å². The molecule has 2 aliphatic rings. The van der Waals surface area contributed by atoms with E-state index in [2.05, 4.69) is 5.32 Å². The minimum absolute atomic E-state index is 0.00540. The van der Waals surface area contributed by atoms with Crippen LogP contribution in [0.15, 0.2) is 36.4 Å². The molecule has 1 saturated heterocycles. The third kappa shape index (κ3) is 6.40. The number of carbonyl (C=O) groups is 1. The van der Waals surface area contributed by atoms with Gasteiger partial charge in [0.05, 0.1) is 17.4 Å². The van der Waals surface area contributed by atoms with Gasteiger partial charge in [-0.25, -0.2) is 4.39 Å². The first-order valence-electron chi connectivity index (χ1n) is 12.2. The first-order valence-corrected chi connectivity index (χ1v) is 12.2. The highest BCUT2D eigenvalue weighted by atomic mass is 19.4. The van der Waals surface area contributed by atoms with Crippen molar-refractivity contribution in [2.24, 2.45) is 0 Å². The summed E-state index contributed by atoms with van der Waals surface area (Å²) in [4.78, 5) is 16.3. The number of nitrogen functional groups attached to an aromatic ring is 1. The number of amides is 1. The predicted molar refractivity (Wildman–Crippen MR) is 131 cm³/mol. The number of piperazine rings is 1. The molecular weight excluding hydrogens is 476 g/mol. The molecule has 1 aliphatic carbocycles. The fourth-order valence-corrected chi connectivity index (χ4v) is 4.85. The topological polar surface area (TPSA) is 70.8 Å². The van der Waals surface area contributed by atoms with E-state index < -0.39 is 11.7 Å². The normalized spacial score (nSPS) is 20.9. The monoisotopic (exact) mass is 508 g/mol. The van der Waals surface area contributed by atoms with Crippen LogP contribution in [0.5, 0.6) is 0 Å². The van der Waals surface area contributed by atoms with Crippen LogP contribution in [0.4, 0.5) is 34.6 Å². The van der Waals surface area contributed by atoms with Gasteiger partial charge in [-0.2, -0.15) is 13.2 Å². The number of benzene rings is 2. The molecule has 6 nitrogen and oxygen atoms in total. The molecule has 2 aromatic carbocycles. The van der Waals surface area contributed by atoms with Crippen LogP contribution in [0.1, 0.15) is 36.8 Å². The van der Waals surface area contributed by atoms with E-state index in [1.165, 1.54) is 12.1 Å². The average Bonchev–Trinajstić information content (AvgIpc) is 2.84. The Balaban J connectivity index is 1.18. The zero-order chi connectivity index (χ0) is 25.9. The molecule has 0 unspecified atom stereocenters. The van der Waals surface area contributed by atoms with Gasteiger partial charge in [0, 0.05) is 43.6 Å². The second-order valence-corrected chi connectivity index (χ2v) is 9.55. The third-order valence-corrected chi connectivity index (χ3v) is 6.92. The number of hydrogen-bond donors (Lipinski definition) is 2. The van der Waals surface area contributed by atoms with E-state index in [0.717, 1.165) is 24.5 Å². The van der Waals surface area contributed by atoms with Crippen LogP contribution in [0.2, 0.25) is 0 Å². The lowest BCUT2D eigenvalue weighted by Gasteiger charge is -2.36. The number of halogens is 4. The second-order valence-electron chi connectivity index (χ2n) is 9.55. The predicted octanol–water partition coefficient (Wildman–Crippen LogP) is 4.82. The van der Waals surface area contributed by atoms with Gasteiger partial charge in [0.25, 0.3) is 0 Å². The molecule has 1 saturated carbocycles. The standard InChI is InChI=1S/C26H32F4N4O2/c1-17-2-9-24(22(27)14-17)33-10-12-34(13-11-33)25(35)16-36-20-6-3-18(4-7-20)32-19-5-8-23(31)21(15-19)26(28,29)30/h2,5,8-9,14-15,18,20,32H,3-4,6-7,10-13,16,31H2,1H3. The number of anilines is 3. The number of carbonyl (C=O) groups excluding carboxylic acids is 1. The summed E-state index contributed by atoms with van der Waals surface area (Å²) in [7, 11) is 0. The molecule has 2 aromatic rings. The summed E-state index contributed by atoms with van der Waals surface area (Å²) < 4.78 is 59.4. The van der Waals surface area contributed by atoms with Crippen molar-refractivity contribution in [1.82, 2.24) is 4.90 Å². The van der Waals surface area contributed by atoms with Crippen molar-refractivity contribution in [2.45, 2.75) is 50.9 Å². The van der Waals surface area contributed by atoms with Crippen molar-refractivity contribution in [2.75, 3.05) is 48.7 Å². The van der Waals surface area contributed by atoms with Gasteiger partial charge >= 0.3 is 6.18 Å². The summed E-state index contributed by atoms with van der Waals surface area (Å²) >= 11 is 0. The van der Waals surface area contributed by atoms with E-state index in [0.29, 0.717) is 50.4 Å². The van der Waals surface area contributed by atoms with Gasteiger partial charge in [-0.15, -0.1) is 0 Å². The molecule has 0 atom stereocenters. The van der Waals surface area contributed by atoms with E-state index in [9.17, 15) is 22.4 Å². The largest absolute Gasteiger partial charge is 0.418 e. The Bertz CT molecular complexity index is 1060. The molecule has 0 spiro atoms. The summed E-state index contributed by atoms with van der Waals surface area (Å²) in [6.07, 6.45) is -1.67. The van der Waals surface area contributed by atoms with Gasteiger partial charge in [-0.1, -0.05) is 6.07 Å². The molecule has 36 heavy (non-hydrogen) atoms. The maximum Gasteiger partial charge on any atom is 0.418 e. The average molecular weight is 509 g/mol. The molecular formula is C26H32F4N4O2. The van der Waals surface area contributed by atoms with Crippen molar-refractivity contribution in [1.29, 1.82) is 0 Å². The molecule has 4 rings (SSSR count). The summed E-state index contributed by atoms with van der Waals surface area (Å²) in [6, 6.07) is 9.06. The Morgan fingerprint density at radius 1 is 1.06 bits per heavy atom. The van der Waals surface area contributed by atoms with Gasteiger partial charge in [0.1, 0.15) is 12.4 Å². The van der Waals surface area contributed by atoms with Crippen LogP contribution in [0, 0.1) is 12.7 Å². The van der Waals surface area contributed by atoms with Crippen molar-refractivity contribution >= 4 is 23.0 Å². The Morgan fingerprint density at radius 2 is 1.75 bits per heavy atom. The molecule has 1 aliphatic heterocycles. The number of nitrogens with two attached hydrogens (primary N) is 1. The first kappa shape index (κ1) is 26.1. The Morgan fingerprint density at radius 3 is 2.39 bits per heavy atom. The first-order chi connectivity index (χ1) is 17.1. The quantitative estimate of drug-likeness (QED) is 0.432. The summed E-state index contributed by atoms with van der Waals surface area (Å²) in [5, 5.41) is 3.16. The number of alkyl halides is 3. The highest BCUT2D eigenvalue weighted by Crippen LogP contribution is 2.36. The van der Waals surface area contributed by atoms with Crippen LogP contribution < -0.4 is 16.0 Å². The molecule has 1 amide bonds. The zero-order valence-corrected chi connectivity index (χ0v) is 20.3. The van der Waals surface area contributed by atoms with Crippen LogP contribution >= 0.6 is 0 Å². The van der Waals surface area contributed by atoms with Gasteiger partial charge in [0.15, 0.2) is 0 Å². The number of rotatable bonds is 6. The summed E-state index contributed by atoms with van der Waals surface area (Å²) in [6.45, 7) is 3.97. The Labute approximate surface area is 208 Å². The fourth-order valence-electron chi connectivity index (χ4n) is 4.85. The number of aryl methyl sites for hydroxylation is 1. The number of ether oxygens (including phenoxy) is 1. The van der Waals surface area contributed by atoms with Gasteiger partial charge in [0.2, 0.25) is 5.91 Å². The van der Waals surface area contributed by atoms with Gasteiger partial charge < -0.3 is 25.6 Å². The van der Waals surface area contributed by atoms with Gasteiger partial charge in [-0.3, -0.25) is 4.79 Å².